The average molecular weight is 373 g/mol. The predicted octanol–water partition coefficient (Wildman–Crippen LogP) is 4.01. The maximum Gasteiger partial charge on any atom is 0.258 e. The first-order valence-corrected chi connectivity index (χ1v) is 9.60. The van der Waals surface area contributed by atoms with E-state index in [4.69, 9.17) is 4.74 Å². The lowest BCUT2D eigenvalue weighted by molar-refractivity contribution is -0.123. The van der Waals surface area contributed by atoms with Crippen molar-refractivity contribution >= 4 is 28.6 Å². The van der Waals surface area contributed by atoms with Crippen LogP contribution in [0.4, 0.5) is 0 Å². The van der Waals surface area contributed by atoms with E-state index in [1.807, 2.05) is 54.8 Å². The van der Waals surface area contributed by atoms with Crippen LogP contribution in [-0.2, 0) is 4.79 Å². The molecule has 4 nitrogen and oxygen atoms in total. The highest BCUT2D eigenvalue weighted by Crippen LogP contribution is 2.33. The molecule has 3 aromatic rings. The summed E-state index contributed by atoms with van der Waals surface area (Å²) in [5.41, 5.74) is 0.982. The van der Waals surface area contributed by atoms with Gasteiger partial charge in [0.25, 0.3) is 5.91 Å². The number of hydrogen-bond acceptors (Lipinski definition) is 5. The molecule has 6 heteroatoms. The Bertz CT molecular complexity index is 827. The van der Waals surface area contributed by atoms with E-state index in [1.165, 1.54) is 4.88 Å². The van der Waals surface area contributed by atoms with Gasteiger partial charge in [0.1, 0.15) is 11.9 Å². The third-order valence-electron chi connectivity index (χ3n) is 3.66. The molecule has 1 atom stereocenters. The number of aliphatic hydroxyl groups is 1. The molecule has 3 rings (SSSR count). The Labute approximate surface area is 154 Å². The van der Waals surface area contributed by atoms with Crippen molar-refractivity contribution in [2.24, 2.45) is 0 Å². The minimum Gasteiger partial charge on any atom is -0.484 e. The highest BCUT2D eigenvalue weighted by atomic mass is 32.1. The third kappa shape index (κ3) is 4.69. The van der Waals surface area contributed by atoms with Gasteiger partial charge in [-0.2, -0.15) is 0 Å². The maximum atomic E-state index is 11.9. The van der Waals surface area contributed by atoms with Crippen LogP contribution in [0.15, 0.2) is 53.9 Å². The number of carbonyl (C=O) groups excluding carboxylic acids is 1. The Balaban J connectivity index is 1.48. The number of aliphatic hydroxyl groups excluding tert-OH is 1. The van der Waals surface area contributed by atoms with Crippen LogP contribution in [0.2, 0.25) is 0 Å². The van der Waals surface area contributed by atoms with Crippen molar-refractivity contribution in [2.75, 3.05) is 13.2 Å². The number of carbonyl (C=O) groups is 1. The van der Waals surface area contributed by atoms with E-state index >= 15 is 0 Å². The van der Waals surface area contributed by atoms with Crippen LogP contribution in [-0.4, -0.2) is 24.2 Å². The molecule has 130 valence electrons. The summed E-state index contributed by atoms with van der Waals surface area (Å²) in [4.78, 5) is 15.1. The Morgan fingerprint density at radius 3 is 2.76 bits per heavy atom. The Morgan fingerprint density at radius 1 is 1.16 bits per heavy atom. The first kappa shape index (κ1) is 17.7. The number of ether oxygens (including phenoxy) is 1. The monoisotopic (exact) mass is 373 g/mol. The molecular formula is C19H19NO3S2. The highest BCUT2D eigenvalue weighted by molar-refractivity contribution is 7.21. The maximum absolute atomic E-state index is 11.9. The zero-order valence-corrected chi connectivity index (χ0v) is 15.4. The second-order valence-corrected chi connectivity index (χ2v) is 7.62. The quantitative estimate of drug-likeness (QED) is 0.658. The fourth-order valence-corrected chi connectivity index (χ4v) is 4.14. The van der Waals surface area contributed by atoms with Crippen molar-refractivity contribution < 1.29 is 14.6 Å². The van der Waals surface area contributed by atoms with Crippen molar-refractivity contribution in [1.82, 2.24) is 5.32 Å². The second kappa shape index (κ2) is 8.29. The molecule has 0 radical (unpaired) electrons. The highest BCUT2D eigenvalue weighted by Gasteiger charge is 2.13. The zero-order chi connectivity index (χ0) is 17.6. The fourth-order valence-electron chi connectivity index (χ4n) is 2.31. The molecule has 0 fully saturated rings. The Morgan fingerprint density at radius 2 is 2.00 bits per heavy atom. The van der Waals surface area contributed by atoms with Crippen molar-refractivity contribution in [3.8, 4) is 15.5 Å². The molecule has 1 amide bonds. The van der Waals surface area contributed by atoms with Crippen molar-refractivity contribution in [3.63, 3.8) is 0 Å². The lowest BCUT2D eigenvalue weighted by Gasteiger charge is -2.12. The summed E-state index contributed by atoms with van der Waals surface area (Å²) < 4.78 is 5.50. The van der Waals surface area contributed by atoms with E-state index < -0.39 is 6.10 Å². The smallest absolute Gasteiger partial charge is 0.258 e. The predicted molar refractivity (Wildman–Crippen MR) is 102 cm³/mol. The molecule has 2 aromatic heterocycles. The van der Waals surface area contributed by atoms with Crippen LogP contribution in [0, 0.1) is 6.92 Å². The average Bonchev–Trinajstić information content (AvgIpc) is 3.30. The molecule has 25 heavy (non-hydrogen) atoms. The van der Waals surface area contributed by atoms with Crippen LogP contribution in [0.5, 0.6) is 5.75 Å². The van der Waals surface area contributed by atoms with Gasteiger partial charge in [-0.1, -0.05) is 24.3 Å². The standard InChI is InChI=1S/C19H19NO3S2/c1-13-5-2-3-6-15(13)23-12-19(22)20-11-14(21)16-8-9-18(25-16)17-7-4-10-24-17/h2-10,14,21H,11-12H2,1H3,(H,20,22)/t14-/m0/s1. The van der Waals surface area contributed by atoms with Crippen LogP contribution < -0.4 is 10.1 Å². The van der Waals surface area contributed by atoms with Crippen molar-refractivity contribution in [2.45, 2.75) is 13.0 Å². The van der Waals surface area contributed by atoms with Crippen molar-refractivity contribution in [3.05, 3.63) is 64.4 Å². The fraction of sp³-hybridized carbons (Fsp3) is 0.211. The molecule has 0 aliphatic rings. The van der Waals surface area contributed by atoms with E-state index in [0.717, 1.165) is 15.3 Å². The molecule has 1 aromatic carbocycles. The van der Waals surface area contributed by atoms with Gasteiger partial charge < -0.3 is 15.2 Å². The molecule has 0 saturated heterocycles. The van der Waals surface area contributed by atoms with Gasteiger partial charge in [0.15, 0.2) is 6.61 Å². The van der Waals surface area contributed by atoms with Crippen LogP contribution in [0.25, 0.3) is 9.75 Å². The van der Waals surface area contributed by atoms with Crippen LogP contribution >= 0.6 is 22.7 Å². The molecule has 0 saturated carbocycles. The van der Waals surface area contributed by atoms with E-state index in [9.17, 15) is 9.90 Å². The largest absolute Gasteiger partial charge is 0.484 e. The third-order valence-corrected chi connectivity index (χ3v) is 5.92. The number of rotatable bonds is 7. The van der Waals surface area contributed by atoms with E-state index in [0.29, 0.717) is 5.75 Å². The van der Waals surface area contributed by atoms with Crippen LogP contribution in [0.1, 0.15) is 16.5 Å². The van der Waals surface area contributed by atoms with Gasteiger partial charge in [0, 0.05) is 21.2 Å². The number of para-hydroxylation sites is 1. The summed E-state index contributed by atoms with van der Waals surface area (Å²) in [5.74, 6) is 0.439. The summed E-state index contributed by atoms with van der Waals surface area (Å²) in [6, 6.07) is 15.5. The van der Waals surface area contributed by atoms with Gasteiger partial charge in [-0.15, -0.1) is 22.7 Å². The number of benzene rings is 1. The number of nitrogens with one attached hydrogen (secondary N) is 1. The normalized spacial score (nSPS) is 11.9. The summed E-state index contributed by atoms with van der Waals surface area (Å²) >= 11 is 3.21. The minimum atomic E-state index is -0.721. The molecule has 0 aliphatic carbocycles. The van der Waals surface area contributed by atoms with E-state index in [2.05, 4.69) is 11.4 Å². The zero-order valence-electron chi connectivity index (χ0n) is 13.8. The first-order valence-electron chi connectivity index (χ1n) is 7.90. The lowest BCUT2D eigenvalue weighted by Crippen LogP contribution is -2.32. The topological polar surface area (TPSA) is 58.6 Å². The number of aryl methyl sites for hydroxylation is 1. The summed E-state index contributed by atoms with van der Waals surface area (Å²) in [6.45, 7) is 2.03. The van der Waals surface area contributed by atoms with E-state index in [1.54, 1.807) is 22.7 Å². The molecule has 0 bridgehead atoms. The van der Waals surface area contributed by atoms with Gasteiger partial charge in [-0.05, 0) is 42.1 Å². The summed E-state index contributed by atoms with van der Waals surface area (Å²) in [7, 11) is 0. The summed E-state index contributed by atoms with van der Waals surface area (Å²) in [5, 5.41) is 15.0. The Kier molecular flexibility index (Phi) is 5.86. The molecular weight excluding hydrogens is 354 g/mol. The van der Waals surface area contributed by atoms with Gasteiger partial charge in [-0.25, -0.2) is 0 Å². The first-order chi connectivity index (χ1) is 12.1. The molecule has 0 unspecified atom stereocenters. The van der Waals surface area contributed by atoms with Gasteiger partial charge in [-0.3, -0.25) is 4.79 Å². The van der Waals surface area contributed by atoms with E-state index in [-0.39, 0.29) is 19.1 Å². The van der Waals surface area contributed by atoms with Gasteiger partial charge in [0.2, 0.25) is 0 Å². The van der Waals surface area contributed by atoms with Crippen LogP contribution in [0.3, 0.4) is 0 Å². The molecule has 0 aliphatic heterocycles. The molecule has 2 N–H and O–H groups in total. The Hall–Kier alpha value is -2.15. The lowest BCUT2D eigenvalue weighted by atomic mass is 10.2. The molecule has 0 spiro atoms. The minimum absolute atomic E-state index is 0.0670. The number of amides is 1. The van der Waals surface area contributed by atoms with Crippen molar-refractivity contribution in [1.29, 1.82) is 0 Å². The second-order valence-electron chi connectivity index (χ2n) is 5.55. The summed E-state index contributed by atoms with van der Waals surface area (Å²) in [6.07, 6.45) is -0.721. The van der Waals surface area contributed by atoms with Gasteiger partial charge in [0.05, 0.1) is 0 Å². The number of hydrogen-bond donors (Lipinski definition) is 2. The molecule has 2 heterocycles. The SMILES string of the molecule is Cc1ccccc1OCC(=O)NC[C@H](O)c1ccc(-c2cccs2)s1. The number of thiophene rings is 2. The van der Waals surface area contributed by atoms with Gasteiger partial charge >= 0.3 is 0 Å².